The van der Waals surface area contributed by atoms with Crippen molar-refractivity contribution < 1.29 is 9.53 Å². The third kappa shape index (κ3) is 3.94. The van der Waals surface area contributed by atoms with Gasteiger partial charge in [0.25, 0.3) is 0 Å². The van der Waals surface area contributed by atoms with E-state index in [1.165, 1.54) is 6.20 Å². The average Bonchev–Trinajstić information content (AvgIpc) is 3.44. The van der Waals surface area contributed by atoms with Gasteiger partial charge < -0.3 is 9.64 Å². The van der Waals surface area contributed by atoms with E-state index in [0.29, 0.717) is 23.7 Å². The van der Waals surface area contributed by atoms with Crippen molar-refractivity contribution in [1.82, 2.24) is 29.6 Å². The molecule has 1 fully saturated rings. The molecule has 0 radical (unpaired) electrons. The van der Waals surface area contributed by atoms with Crippen molar-refractivity contribution in [2.45, 2.75) is 52.6 Å². The summed E-state index contributed by atoms with van der Waals surface area (Å²) in [6, 6.07) is 2.06. The lowest BCUT2D eigenvalue weighted by atomic mass is 10.1. The zero-order valence-corrected chi connectivity index (χ0v) is 17.2. The van der Waals surface area contributed by atoms with Crippen LogP contribution in [-0.2, 0) is 11.3 Å². The first kappa shape index (κ1) is 19.4. The van der Waals surface area contributed by atoms with Gasteiger partial charge in [0.2, 0.25) is 0 Å². The molecule has 0 bridgehead atoms. The van der Waals surface area contributed by atoms with Gasteiger partial charge in [0, 0.05) is 19.3 Å². The minimum Gasteiger partial charge on any atom is -0.462 e. The summed E-state index contributed by atoms with van der Waals surface area (Å²) in [5, 5.41) is 12.9. The van der Waals surface area contributed by atoms with Crippen molar-refractivity contribution in [2.24, 2.45) is 5.92 Å². The molecular formula is C20H27N7O2. The number of aromatic nitrogens is 6. The molecule has 4 rings (SSSR count). The van der Waals surface area contributed by atoms with Gasteiger partial charge in [0.15, 0.2) is 5.65 Å². The van der Waals surface area contributed by atoms with Crippen LogP contribution in [0.15, 0.2) is 24.7 Å². The lowest BCUT2D eigenvalue weighted by Crippen LogP contribution is -2.24. The molecule has 9 nitrogen and oxygen atoms in total. The maximum Gasteiger partial charge on any atom is 0.343 e. The highest BCUT2D eigenvalue weighted by Crippen LogP contribution is 2.34. The Hall–Kier alpha value is -2.97. The van der Waals surface area contributed by atoms with Crippen molar-refractivity contribution in [2.75, 3.05) is 18.1 Å². The minimum absolute atomic E-state index is 0.131. The quantitative estimate of drug-likeness (QED) is 0.566. The first-order chi connectivity index (χ1) is 14.1. The highest BCUT2D eigenvalue weighted by Gasteiger charge is 2.30. The predicted molar refractivity (Wildman–Crippen MR) is 108 cm³/mol. The molecule has 4 heterocycles. The average molecular weight is 397 g/mol. The standard InChI is InChI=1S/C20H27N7O2/c1-4-29-20(28)15-12-21-27-11-8-18(22-19(15)27)26-9-5-6-17(26)16-13-25(24-23-16)10-7-14(2)3/h8,11-14,17H,4-7,9-10H2,1-3H3. The molecule has 0 spiro atoms. The van der Waals surface area contributed by atoms with Crippen molar-refractivity contribution in [3.8, 4) is 0 Å². The molecule has 0 aromatic carbocycles. The summed E-state index contributed by atoms with van der Waals surface area (Å²) in [5.74, 6) is 1.03. The smallest absolute Gasteiger partial charge is 0.343 e. The van der Waals surface area contributed by atoms with Crippen LogP contribution in [0, 0.1) is 5.92 Å². The molecule has 3 aromatic heterocycles. The van der Waals surface area contributed by atoms with E-state index < -0.39 is 5.97 Å². The molecule has 1 unspecified atom stereocenters. The van der Waals surface area contributed by atoms with Gasteiger partial charge in [-0.05, 0) is 38.2 Å². The normalized spacial score (nSPS) is 16.8. The summed E-state index contributed by atoms with van der Waals surface area (Å²) in [6.45, 7) is 8.27. The number of carbonyl (C=O) groups excluding carboxylic acids is 1. The van der Waals surface area contributed by atoms with Crippen molar-refractivity contribution in [1.29, 1.82) is 0 Å². The van der Waals surface area contributed by atoms with E-state index in [-0.39, 0.29) is 6.04 Å². The summed E-state index contributed by atoms with van der Waals surface area (Å²) >= 11 is 0. The van der Waals surface area contributed by atoms with Gasteiger partial charge in [-0.2, -0.15) is 5.10 Å². The molecule has 0 amide bonds. The van der Waals surface area contributed by atoms with Gasteiger partial charge in [-0.1, -0.05) is 19.1 Å². The van der Waals surface area contributed by atoms with Crippen LogP contribution in [0.5, 0.6) is 0 Å². The second-order valence-corrected chi connectivity index (χ2v) is 7.77. The van der Waals surface area contributed by atoms with Gasteiger partial charge in [-0.3, -0.25) is 4.68 Å². The van der Waals surface area contributed by atoms with E-state index in [0.717, 1.165) is 43.9 Å². The van der Waals surface area contributed by atoms with Crippen LogP contribution >= 0.6 is 0 Å². The summed E-state index contributed by atoms with van der Waals surface area (Å²) in [6.07, 6.45) is 8.52. The Balaban J connectivity index is 1.59. The SMILES string of the molecule is CCOC(=O)c1cnn2ccc(N3CCCC3c3cn(CCC(C)C)nn3)nc12. The summed E-state index contributed by atoms with van der Waals surface area (Å²) < 4.78 is 8.65. The van der Waals surface area contributed by atoms with Crippen LogP contribution in [0.1, 0.15) is 62.1 Å². The molecule has 1 aliphatic rings. The second-order valence-electron chi connectivity index (χ2n) is 7.77. The highest BCUT2D eigenvalue weighted by molar-refractivity contribution is 5.95. The maximum atomic E-state index is 12.2. The number of rotatable bonds is 7. The Labute approximate surface area is 169 Å². The first-order valence-electron chi connectivity index (χ1n) is 10.2. The van der Waals surface area contributed by atoms with Gasteiger partial charge in [-0.25, -0.2) is 14.3 Å². The van der Waals surface area contributed by atoms with Crippen molar-refractivity contribution in [3.63, 3.8) is 0 Å². The lowest BCUT2D eigenvalue weighted by Gasteiger charge is -2.24. The fourth-order valence-electron chi connectivity index (χ4n) is 3.69. The van der Waals surface area contributed by atoms with Gasteiger partial charge in [-0.15, -0.1) is 5.10 Å². The van der Waals surface area contributed by atoms with Gasteiger partial charge in [0.05, 0.1) is 25.0 Å². The highest BCUT2D eigenvalue weighted by atomic mass is 16.5. The number of aryl methyl sites for hydroxylation is 1. The molecular weight excluding hydrogens is 370 g/mol. The summed E-state index contributed by atoms with van der Waals surface area (Å²) in [5.41, 5.74) is 1.85. The molecule has 0 aliphatic carbocycles. The maximum absolute atomic E-state index is 12.2. The number of hydrogen-bond donors (Lipinski definition) is 0. The minimum atomic E-state index is -0.404. The van der Waals surface area contributed by atoms with Crippen LogP contribution in [0.3, 0.4) is 0 Å². The topological polar surface area (TPSA) is 90.4 Å². The molecule has 1 aliphatic heterocycles. The first-order valence-corrected chi connectivity index (χ1v) is 10.2. The molecule has 29 heavy (non-hydrogen) atoms. The molecule has 154 valence electrons. The Morgan fingerprint density at radius 1 is 1.38 bits per heavy atom. The molecule has 3 aromatic rings. The zero-order chi connectivity index (χ0) is 20.4. The van der Waals surface area contributed by atoms with E-state index in [4.69, 9.17) is 9.72 Å². The number of carbonyl (C=O) groups is 1. The van der Waals surface area contributed by atoms with E-state index in [9.17, 15) is 4.79 Å². The van der Waals surface area contributed by atoms with Gasteiger partial charge in [0.1, 0.15) is 17.1 Å². The Morgan fingerprint density at radius 3 is 3.03 bits per heavy atom. The summed E-state index contributed by atoms with van der Waals surface area (Å²) in [4.78, 5) is 19.2. The number of nitrogens with zero attached hydrogens (tertiary/aromatic N) is 7. The number of anilines is 1. The third-order valence-electron chi connectivity index (χ3n) is 5.23. The molecule has 1 saturated heterocycles. The monoisotopic (exact) mass is 397 g/mol. The number of esters is 1. The van der Waals surface area contributed by atoms with E-state index in [2.05, 4.69) is 34.2 Å². The van der Waals surface area contributed by atoms with Crippen LogP contribution in [0.4, 0.5) is 5.82 Å². The van der Waals surface area contributed by atoms with Crippen LogP contribution < -0.4 is 4.90 Å². The van der Waals surface area contributed by atoms with E-state index >= 15 is 0 Å². The number of ether oxygens (including phenoxy) is 1. The second kappa shape index (κ2) is 8.18. The van der Waals surface area contributed by atoms with Crippen LogP contribution in [0.25, 0.3) is 5.65 Å². The Morgan fingerprint density at radius 2 is 2.24 bits per heavy atom. The van der Waals surface area contributed by atoms with E-state index in [1.807, 2.05) is 23.1 Å². The molecule has 1 atom stereocenters. The fourth-order valence-corrected chi connectivity index (χ4v) is 3.69. The third-order valence-corrected chi connectivity index (χ3v) is 5.23. The predicted octanol–water partition coefficient (Wildman–Crippen LogP) is 2.89. The number of fused-ring (bicyclic) bond motifs is 1. The van der Waals surface area contributed by atoms with Crippen LogP contribution in [-0.4, -0.2) is 48.7 Å². The van der Waals surface area contributed by atoms with Gasteiger partial charge >= 0.3 is 5.97 Å². The Kier molecular flexibility index (Phi) is 5.46. The molecule has 0 saturated carbocycles. The zero-order valence-electron chi connectivity index (χ0n) is 17.2. The Bertz CT molecular complexity index is 994. The largest absolute Gasteiger partial charge is 0.462 e. The van der Waals surface area contributed by atoms with Crippen molar-refractivity contribution in [3.05, 3.63) is 35.9 Å². The van der Waals surface area contributed by atoms with E-state index in [1.54, 1.807) is 11.4 Å². The molecule has 0 N–H and O–H groups in total. The van der Waals surface area contributed by atoms with Crippen molar-refractivity contribution >= 4 is 17.4 Å². The number of hydrogen-bond acceptors (Lipinski definition) is 7. The fraction of sp³-hybridized carbons (Fsp3) is 0.550. The molecule has 9 heteroatoms. The summed E-state index contributed by atoms with van der Waals surface area (Å²) in [7, 11) is 0. The lowest BCUT2D eigenvalue weighted by molar-refractivity contribution is 0.0528. The van der Waals surface area contributed by atoms with Crippen LogP contribution in [0.2, 0.25) is 0 Å².